The minimum atomic E-state index is 0.205. The van der Waals surface area contributed by atoms with Crippen LogP contribution in [0.25, 0.3) is 0 Å². The van der Waals surface area contributed by atoms with Crippen molar-refractivity contribution in [3.63, 3.8) is 0 Å². The molecule has 0 heterocycles. The van der Waals surface area contributed by atoms with E-state index in [9.17, 15) is 0 Å². The van der Waals surface area contributed by atoms with Crippen molar-refractivity contribution in [2.24, 2.45) is 0 Å². The molecule has 0 fully saturated rings. The molecule has 15 heavy (non-hydrogen) atoms. The third-order valence-electron chi connectivity index (χ3n) is 2.17. The maximum absolute atomic E-state index is 8.76. The Morgan fingerprint density at radius 3 is 2.73 bits per heavy atom. The lowest BCUT2D eigenvalue weighted by Gasteiger charge is -2.10. The van der Waals surface area contributed by atoms with Gasteiger partial charge in [0, 0.05) is 12.7 Å². The van der Waals surface area contributed by atoms with Crippen LogP contribution in [0.1, 0.15) is 18.9 Å². The van der Waals surface area contributed by atoms with Crippen molar-refractivity contribution in [1.82, 2.24) is 0 Å². The molecule has 0 aliphatic rings. The van der Waals surface area contributed by atoms with E-state index in [-0.39, 0.29) is 6.61 Å². The summed E-state index contributed by atoms with van der Waals surface area (Å²) in [6, 6.07) is 5.80. The van der Waals surface area contributed by atoms with Gasteiger partial charge in [-0.15, -0.1) is 0 Å². The van der Waals surface area contributed by atoms with Crippen LogP contribution in [0, 0.1) is 0 Å². The van der Waals surface area contributed by atoms with Gasteiger partial charge in [0.2, 0.25) is 0 Å². The van der Waals surface area contributed by atoms with Gasteiger partial charge in [0.1, 0.15) is 11.5 Å². The lowest BCUT2D eigenvalue weighted by atomic mass is 10.1. The molecular weight excluding hydrogens is 192 g/mol. The molecule has 1 N–H and O–H groups in total. The highest BCUT2D eigenvalue weighted by atomic mass is 16.5. The van der Waals surface area contributed by atoms with Gasteiger partial charge < -0.3 is 14.6 Å². The van der Waals surface area contributed by atoms with E-state index in [1.54, 1.807) is 7.11 Å². The van der Waals surface area contributed by atoms with Crippen molar-refractivity contribution >= 4 is 0 Å². The molecule has 3 heteroatoms. The van der Waals surface area contributed by atoms with E-state index in [0.717, 1.165) is 29.9 Å². The Bertz CT molecular complexity index is 297. The molecule has 0 saturated heterocycles. The first-order valence-corrected chi connectivity index (χ1v) is 5.22. The van der Waals surface area contributed by atoms with Gasteiger partial charge in [-0.05, 0) is 31.4 Å². The van der Waals surface area contributed by atoms with Crippen molar-refractivity contribution in [3.8, 4) is 11.5 Å². The largest absolute Gasteiger partial charge is 0.496 e. The number of benzene rings is 1. The van der Waals surface area contributed by atoms with Crippen LogP contribution in [-0.2, 0) is 6.42 Å². The Kier molecular flexibility index (Phi) is 4.98. The van der Waals surface area contributed by atoms with Crippen LogP contribution in [0.5, 0.6) is 11.5 Å². The van der Waals surface area contributed by atoms with E-state index in [1.807, 2.05) is 25.1 Å². The summed E-state index contributed by atoms with van der Waals surface area (Å²) >= 11 is 0. The van der Waals surface area contributed by atoms with Crippen LogP contribution in [0.15, 0.2) is 18.2 Å². The first-order valence-electron chi connectivity index (χ1n) is 5.22. The fourth-order valence-electron chi connectivity index (χ4n) is 1.46. The van der Waals surface area contributed by atoms with Gasteiger partial charge in [0.05, 0.1) is 13.7 Å². The molecule has 3 nitrogen and oxygen atoms in total. The molecule has 1 rings (SSSR count). The molecule has 1 aromatic carbocycles. The highest BCUT2D eigenvalue weighted by molar-refractivity contribution is 5.40. The van der Waals surface area contributed by atoms with Crippen LogP contribution in [0.3, 0.4) is 0 Å². The average Bonchev–Trinajstić information content (AvgIpc) is 2.27. The summed E-state index contributed by atoms with van der Waals surface area (Å²) in [6.07, 6.45) is 1.58. The minimum Gasteiger partial charge on any atom is -0.496 e. The van der Waals surface area contributed by atoms with Gasteiger partial charge in [-0.25, -0.2) is 0 Å². The fraction of sp³-hybridized carbons (Fsp3) is 0.500. The van der Waals surface area contributed by atoms with Crippen LogP contribution >= 0.6 is 0 Å². The highest BCUT2D eigenvalue weighted by Gasteiger charge is 2.04. The maximum Gasteiger partial charge on any atom is 0.125 e. The highest BCUT2D eigenvalue weighted by Crippen LogP contribution is 2.25. The molecule has 0 amide bonds. The summed E-state index contributed by atoms with van der Waals surface area (Å²) < 4.78 is 10.6. The molecule has 0 aliphatic carbocycles. The monoisotopic (exact) mass is 210 g/mol. The summed E-state index contributed by atoms with van der Waals surface area (Å²) in [7, 11) is 1.65. The van der Waals surface area contributed by atoms with Gasteiger partial charge in [-0.2, -0.15) is 0 Å². The number of ether oxygens (including phenoxy) is 2. The SMILES string of the molecule is CCOc1ccc(CCCO)c(OC)c1. The number of aliphatic hydroxyl groups excluding tert-OH is 1. The normalized spacial score (nSPS) is 10.1. The third-order valence-corrected chi connectivity index (χ3v) is 2.17. The molecule has 0 spiro atoms. The number of aliphatic hydroxyl groups is 1. The van der Waals surface area contributed by atoms with Gasteiger partial charge in [-0.3, -0.25) is 0 Å². The molecule has 0 aliphatic heterocycles. The predicted molar refractivity (Wildman–Crippen MR) is 59.6 cm³/mol. The second kappa shape index (κ2) is 6.30. The molecule has 0 atom stereocenters. The standard InChI is InChI=1S/C12H18O3/c1-3-15-11-7-6-10(5-4-8-13)12(9-11)14-2/h6-7,9,13H,3-5,8H2,1-2H3. The first kappa shape index (κ1) is 11.9. The van der Waals surface area contributed by atoms with E-state index >= 15 is 0 Å². The van der Waals surface area contributed by atoms with Crippen LogP contribution < -0.4 is 9.47 Å². The molecule has 84 valence electrons. The maximum atomic E-state index is 8.76. The van der Waals surface area contributed by atoms with E-state index in [0.29, 0.717) is 6.61 Å². The predicted octanol–water partition coefficient (Wildman–Crippen LogP) is 2.02. The Morgan fingerprint density at radius 2 is 2.13 bits per heavy atom. The topological polar surface area (TPSA) is 38.7 Å². The first-order chi connectivity index (χ1) is 7.31. The smallest absolute Gasteiger partial charge is 0.125 e. The molecule has 1 aromatic rings. The third kappa shape index (κ3) is 3.44. The van der Waals surface area contributed by atoms with E-state index in [1.165, 1.54) is 0 Å². The van der Waals surface area contributed by atoms with Crippen molar-refractivity contribution in [2.75, 3.05) is 20.3 Å². The Balaban J connectivity index is 2.78. The van der Waals surface area contributed by atoms with E-state index in [4.69, 9.17) is 14.6 Å². The Hall–Kier alpha value is -1.22. The molecule has 0 saturated carbocycles. The molecular formula is C12H18O3. The summed E-state index contributed by atoms with van der Waals surface area (Å²) in [6.45, 7) is 2.81. The second-order valence-electron chi connectivity index (χ2n) is 3.23. The summed E-state index contributed by atoms with van der Waals surface area (Å²) in [5.41, 5.74) is 1.11. The number of aryl methyl sites for hydroxylation is 1. The summed E-state index contributed by atoms with van der Waals surface area (Å²) in [4.78, 5) is 0. The van der Waals surface area contributed by atoms with Crippen LogP contribution in [0.4, 0.5) is 0 Å². The van der Waals surface area contributed by atoms with Gasteiger partial charge in [-0.1, -0.05) is 6.07 Å². The van der Waals surface area contributed by atoms with Crippen molar-refractivity contribution in [3.05, 3.63) is 23.8 Å². The number of methoxy groups -OCH3 is 1. The molecule has 0 aromatic heterocycles. The summed E-state index contributed by atoms with van der Waals surface area (Å²) in [5.74, 6) is 1.65. The number of hydrogen-bond donors (Lipinski definition) is 1. The van der Waals surface area contributed by atoms with Crippen molar-refractivity contribution in [2.45, 2.75) is 19.8 Å². The zero-order valence-corrected chi connectivity index (χ0v) is 9.32. The molecule has 0 bridgehead atoms. The zero-order valence-electron chi connectivity index (χ0n) is 9.32. The molecule has 0 radical (unpaired) electrons. The van der Waals surface area contributed by atoms with Crippen molar-refractivity contribution in [1.29, 1.82) is 0 Å². The minimum absolute atomic E-state index is 0.205. The van der Waals surface area contributed by atoms with E-state index in [2.05, 4.69) is 0 Å². The van der Waals surface area contributed by atoms with E-state index < -0.39 is 0 Å². The zero-order chi connectivity index (χ0) is 11.1. The van der Waals surface area contributed by atoms with Crippen LogP contribution in [0.2, 0.25) is 0 Å². The quantitative estimate of drug-likeness (QED) is 0.780. The second-order valence-corrected chi connectivity index (χ2v) is 3.23. The van der Waals surface area contributed by atoms with Crippen molar-refractivity contribution < 1.29 is 14.6 Å². The van der Waals surface area contributed by atoms with Gasteiger partial charge in [0.25, 0.3) is 0 Å². The Morgan fingerprint density at radius 1 is 1.33 bits per heavy atom. The molecule has 0 unspecified atom stereocenters. The lowest BCUT2D eigenvalue weighted by molar-refractivity contribution is 0.287. The fourth-order valence-corrected chi connectivity index (χ4v) is 1.46. The van der Waals surface area contributed by atoms with Crippen LogP contribution in [-0.4, -0.2) is 25.4 Å². The lowest BCUT2D eigenvalue weighted by Crippen LogP contribution is -1.97. The van der Waals surface area contributed by atoms with Gasteiger partial charge in [0.15, 0.2) is 0 Å². The average molecular weight is 210 g/mol. The van der Waals surface area contributed by atoms with Gasteiger partial charge >= 0.3 is 0 Å². The Labute approximate surface area is 90.6 Å². The summed E-state index contributed by atoms with van der Waals surface area (Å²) in [5, 5.41) is 8.76. The number of rotatable bonds is 6. The number of hydrogen-bond acceptors (Lipinski definition) is 3.